The van der Waals surface area contributed by atoms with Crippen LogP contribution in [0, 0.1) is 12.3 Å². The van der Waals surface area contributed by atoms with Crippen LogP contribution in [0.1, 0.15) is 30.7 Å². The van der Waals surface area contributed by atoms with Crippen molar-refractivity contribution in [3.8, 4) is 12.3 Å². The molecule has 0 radical (unpaired) electrons. The fourth-order valence-corrected chi connectivity index (χ4v) is 3.03. The van der Waals surface area contributed by atoms with E-state index in [0.717, 1.165) is 12.8 Å². The van der Waals surface area contributed by atoms with Crippen LogP contribution in [0.25, 0.3) is 0 Å². The van der Waals surface area contributed by atoms with Gasteiger partial charge in [0.25, 0.3) is 5.56 Å². The van der Waals surface area contributed by atoms with Gasteiger partial charge >= 0.3 is 0 Å². The Morgan fingerprint density at radius 2 is 2.43 bits per heavy atom. The summed E-state index contributed by atoms with van der Waals surface area (Å²) in [5.74, 6) is 2.41. The average molecular weight is 322 g/mol. The first-order chi connectivity index (χ1) is 10.2. The molecule has 0 saturated carbocycles. The van der Waals surface area contributed by atoms with Crippen molar-refractivity contribution in [2.75, 3.05) is 5.32 Å². The lowest BCUT2D eigenvalue weighted by Gasteiger charge is -2.18. The van der Waals surface area contributed by atoms with Crippen LogP contribution in [0.3, 0.4) is 0 Å². The largest absolute Gasteiger partial charge is 0.372 e. The van der Waals surface area contributed by atoms with Gasteiger partial charge in [0.1, 0.15) is 12.2 Å². The Labute approximate surface area is 132 Å². The van der Waals surface area contributed by atoms with Gasteiger partial charge in [0.15, 0.2) is 0 Å². The number of nitrogens with one attached hydrogen (secondary N) is 1. The fourth-order valence-electron chi connectivity index (χ4n) is 2.04. The van der Waals surface area contributed by atoms with Crippen molar-refractivity contribution >= 4 is 28.6 Å². The molecule has 2 aromatic rings. The van der Waals surface area contributed by atoms with E-state index in [2.05, 4.69) is 23.3 Å². The number of thiophene rings is 1. The van der Waals surface area contributed by atoms with Crippen LogP contribution in [0.15, 0.2) is 28.5 Å². The van der Waals surface area contributed by atoms with Gasteiger partial charge in [0, 0.05) is 4.88 Å². The third-order valence-electron chi connectivity index (χ3n) is 3.02. The van der Waals surface area contributed by atoms with Gasteiger partial charge in [-0.15, -0.1) is 17.8 Å². The van der Waals surface area contributed by atoms with Gasteiger partial charge in [-0.1, -0.05) is 36.9 Å². The van der Waals surface area contributed by atoms with Gasteiger partial charge in [-0.2, -0.15) is 5.10 Å². The number of anilines is 1. The summed E-state index contributed by atoms with van der Waals surface area (Å²) in [5.41, 5.74) is 0.0619. The SMILES string of the molecule is C#CCn1ncc(Cl)c(NC(CCC)c2cccs2)c1=O. The first-order valence-corrected chi connectivity index (χ1v) is 7.92. The maximum absolute atomic E-state index is 12.4. The lowest BCUT2D eigenvalue weighted by Crippen LogP contribution is -2.27. The molecule has 1 unspecified atom stereocenters. The van der Waals surface area contributed by atoms with E-state index in [9.17, 15) is 4.79 Å². The Hall–Kier alpha value is -1.77. The molecule has 0 saturated heterocycles. The Morgan fingerprint density at radius 3 is 3.05 bits per heavy atom. The van der Waals surface area contributed by atoms with E-state index < -0.39 is 0 Å². The molecular formula is C15H16ClN3OS. The van der Waals surface area contributed by atoms with Crippen LogP contribution in [0.4, 0.5) is 5.69 Å². The van der Waals surface area contributed by atoms with E-state index in [1.54, 1.807) is 11.3 Å². The van der Waals surface area contributed by atoms with Crippen LogP contribution in [0.2, 0.25) is 5.02 Å². The summed E-state index contributed by atoms with van der Waals surface area (Å²) in [7, 11) is 0. The molecule has 0 aliphatic rings. The van der Waals surface area contributed by atoms with E-state index in [1.807, 2.05) is 17.5 Å². The van der Waals surface area contributed by atoms with Crippen molar-refractivity contribution in [2.45, 2.75) is 32.4 Å². The highest BCUT2D eigenvalue weighted by atomic mass is 35.5. The molecule has 2 heterocycles. The van der Waals surface area contributed by atoms with E-state index in [-0.39, 0.29) is 18.1 Å². The number of terminal acetylenes is 1. The Kier molecular flexibility index (Phi) is 5.43. The average Bonchev–Trinajstić information content (AvgIpc) is 2.99. The second-order valence-electron chi connectivity index (χ2n) is 4.54. The third-order valence-corrected chi connectivity index (χ3v) is 4.29. The Bertz CT molecular complexity index is 688. The quantitative estimate of drug-likeness (QED) is 0.828. The third kappa shape index (κ3) is 3.66. The first kappa shape index (κ1) is 15.6. The number of aromatic nitrogens is 2. The Morgan fingerprint density at radius 1 is 1.62 bits per heavy atom. The van der Waals surface area contributed by atoms with Crippen LogP contribution in [0.5, 0.6) is 0 Å². The highest BCUT2D eigenvalue weighted by Gasteiger charge is 2.17. The molecule has 21 heavy (non-hydrogen) atoms. The molecule has 0 aliphatic carbocycles. The minimum atomic E-state index is -0.293. The van der Waals surface area contributed by atoms with E-state index in [0.29, 0.717) is 10.7 Å². The van der Waals surface area contributed by atoms with Crippen molar-refractivity contribution in [1.82, 2.24) is 9.78 Å². The van der Waals surface area contributed by atoms with Crippen molar-refractivity contribution in [1.29, 1.82) is 0 Å². The van der Waals surface area contributed by atoms with Gasteiger partial charge in [0.05, 0.1) is 17.3 Å². The molecule has 0 aliphatic heterocycles. The number of halogens is 1. The summed E-state index contributed by atoms with van der Waals surface area (Å²) in [6, 6.07) is 4.10. The molecule has 0 aromatic carbocycles. The second-order valence-corrected chi connectivity index (χ2v) is 5.92. The minimum Gasteiger partial charge on any atom is -0.372 e. The zero-order chi connectivity index (χ0) is 15.2. The molecule has 2 rings (SSSR count). The minimum absolute atomic E-state index is 0.0573. The monoisotopic (exact) mass is 321 g/mol. The lowest BCUT2D eigenvalue weighted by atomic mass is 10.1. The van der Waals surface area contributed by atoms with Crippen molar-refractivity contribution in [2.24, 2.45) is 0 Å². The number of hydrogen-bond donors (Lipinski definition) is 1. The van der Waals surface area contributed by atoms with Crippen LogP contribution >= 0.6 is 22.9 Å². The smallest absolute Gasteiger partial charge is 0.292 e. The van der Waals surface area contributed by atoms with Crippen molar-refractivity contribution in [3.05, 3.63) is 44.0 Å². The molecule has 0 amide bonds. The van der Waals surface area contributed by atoms with Crippen LogP contribution < -0.4 is 10.9 Å². The highest BCUT2D eigenvalue weighted by Crippen LogP contribution is 2.28. The molecule has 110 valence electrons. The van der Waals surface area contributed by atoms with E-state index in [1.165, 1.54) is 15.8 Å². The molecule has 1 atom stereocenters. The Balaban J connectivity index is 2.35. The van der Waals surface area contributed by atoms with E-state index in [4.69, 9.17) is 18.0 Å². The molecule has 4 nitrogen and oxygen atoms in total. The van der Waals surface area contributed by atoms with Crippen molar-refractivity contribution in [3.63, 3.8) is 0 Å². The van der Waals surface area contributed by atoms with Gasteiger partial charge in [0.2, 0.25) is 0 Å². The first-order valence-electron chi connectivity index (χ1n) is 6.66. The number of rotatable bonds is 6. The zero-order valence-corrected chi connectivity index (χ0v) is 13.2. The predicted molar refractivity (Wildman–Crippen MR) is 87.9 cm³/mol. The standard InChI is InChI=1S/C15H16ClN3OS/c1-3-6-12(13-7-5-9-21-13)18-14-11(16)10-17-19(8-4-2)15(14)20/h2,5,7,9-10,12,18H,3,6,8H2,1H3. The fraction of sp³-hybridized carbons (Fsp3) is 0.333. The second kappa shape index (κ2) is 7.30. The van der Waals surface area contributed by atoms with Gasteiger partial charge in [-0.3, -0.25) is 4.79 Å². The summed E-state index contributed by atoms with van der Waals surface area (Å²) in [4.78, 5) is 13.5. The molecule has 0 spiro atoms. The summed E-state index contributed by atoms with van der Waals surface area (Å²) < 4.78 is 1.23. The van der Waals surface area contributed by atoms with Gasteiger partial charge < -0.3 is 5.32 Å². The van der Waals surface area contributed by atoms with Crippen molar-refractivity contribution < 1.29 is 0 Å². The molecule has 1 N–H and O–H groups in total. The van der Waals surface area contributed by atoms with Gasteiger partial charge in [-0.25, -0.2) is 4.68 Å². The zero-order valence-electron chi connectivity index (χ0n) is 11.7. The summed E-state index contributed by atoms with van der Waals surface area (Å²) in [5, 5.41) is 9.52. The van der Waals surface area contributed by atoms with Crippen LogP contribution in [-0.4, -0.2) is 9.78 Å². The van der Waals surface area contributed by atoms with Gasteiger partial charge in [-0.05, 0) is 17.9 Å². The number of hydrogen-bond acceptors (Lipinski definition) is 4. The van der Waals surface area contributed by atoms with E-state index >= 15 is 0 Å². The molecule has 0 bridgehead atoms. The number of nitrogens with zero attached hydrogens (tertiary/aromatic N) is 2. The molecule has 0 fully saturated rings. The molecular weight excluding hydrogens is 306 g/mol. The predicted octanol–water partition coefficient (Wildman–Crippen LogP) is 3.54. The highest BCUT2D eigenvalue weighted by molar-refractivity contribution is 7.10. The maximum Gasteiger partial charge on any atom is 0.292 e. The summed E-state index contributed by atoms with van der Waals surface area (Å²) in [6.45, 7) is 2.23. The summed E-state index contributed by atoms with van der Waals surface area (Å²) in [6.07, 6.45) is 8.59. The molecule has 6 heteroatoms. The van der Waals surface area contributed by atoms with Crippen LogP contribution in [-0.2, 0) is 6.54 Å². The lowest BCUT2D eigenvalue weighted by molar-refractivity contribution is 0.651. The summed E-state index contributed by atoms with van der Waals surface area (Å²) >= 11 is 7.77. The normalized spacial score (nSPS) is 11.9. The maximum atomic E-state index is 12.4. The molecule has 2 aromatic heterocycles. The topological polar surface area (TPSA) is 46.9 Å².